The summed E-state index contributed by atoms with van der Waals surface area (Å²) in [7, 11) is 1.81. The van der Waals surface area contributed by atoms with E-state index in [-0.39, 0.29) is 5.91 Å². The van der Waals surface area contributed by atoms with E-state index in [1.165, 1.54) is 0 Å². The molecule has 3 aromatic rings. The van der Waals surface area contributed by atoms with Crippen molar-refractivity contribution in [2.45, 2.75) is 26.6 Å². The molecule has 2 aromatic carbocycles. The fourth-order valence-corrected chi connectivity index (χ4v) is 3.23. The average Bonchev–Trinajstić information content (AvgIpc) is 3.14. The number of carbonyl (C=O) groups excluding carboxylic acids is 1. The molecule has 0 bridgehead atoms. The monoisotopic (exact) mass is 427 g/mol. The third kappa shape index (κ3) is 4.77. The van der Waals surface area contributed by atoms with Gasteiger partial charge in [-0.15, -0.1) is 0 Å². The zero-order valence-corrected chi connectivity index (χ0v) is 17.0. The van der Waals surface area contributed by atoms with Crippen LogP contribution in [0.1, 0.15) is 28.5 Å². The molecule has 27 heavy (non-hydrogen) atoms. The number of benzene rings is 2. The van der Waals surface area contributed by atoms with Crippen LogP contribution in [0.3, 0.4) is 0 Å². The summed E-state index contributed by atoms with van der Waals surface area (Å²) in [6.45, 7) is 3.74. The van der Waals surface area contributed by atoms with Crippen molar-refractivity contribution in [2.75, 3.05) is 7.05 Å². The molecule has 0 saturated heterocycles. The summed E-state index contributed by atoms with van der Waals surface area (Å²) in [6.07, 6.45) is 1.76. The molecule has 0 saturated carbocycles. The van der Waals surface area contributed by atoms with E-state index in [1.54, 1.807) is 18.1 Å². The van der Waals surface area contributed by atoms with Crippen molar-refractivity contribution in [1.29, 1.82) is 0 Å². The van der Waals surface area contributed by atoms with E-state index in [0.717, 1.165) is 28.0 Å². The summed E-state index contributed by atoms with van der Waals surface area (Å²) in [5.74, 6) is 0.751. The lowest BCUT2D eigenvalue weighted by Gasteiger charge is -2.18. The number of halogens is 1. The molecule has 1 heterocycles. The predicted octanol–water partition coefficient (Wildman–Crippen LogP) is 4.52. The van der Waals surface area contributed by atoms with Crippen molar-refractivity contribution in [3.63, 3.8) is 0 Å². The van der Waals surface area contributed by atoms with Gasteiger partial charge < -0.3 is 9.64 Å². The number of hydrogen-bond acceptors (Lipinski definition) is 3. The van der Waals surface area contributed by atoms with Gasteiger partial charge in [0, 0.05) is 25.4 Å². The van der Waals surface area contributed by atoms with Gasteiger partial charge in [-0.25, -0.2) is 0 Å². The SMILES string of the molecule is CCn1nccc1CN(C)C(=O)c1cccc(COc2ccccc2Br)c1. The summed E-state index contributed by atoms with van der Waals surface area (Å²) in [5.41, 5.74) is 2.61. The Morgan fingerprint density at radius 1 is 1.19 bits per heavy atom. The zero-order valence-electron chi connectivity index (χ0n) is 15.4. The van der Waals surface area contributed by atoms with Crippen molar-refractivity contribution >= 4 is 21.8 Å². The van der Waals surface area contributed by atoms with Crippen LogP contribution in [0.25, 0.3) is 0 Å². The third-order valence-electron chi connectivity index (χ3n) is 4.25. The van der Waals surface area contributed by atoms with Crippen molar-refractivity contribution < 1.29 is 9.53 Å². The second-order valence-electron chi connectivity index (χ2n) is 6.22. The van der Waals surface area contributed by atoms with Gasteiger partial charge in [-0.1, -0.05) is 24.3 Å². The summed E-state index contributed by atoms with van der Waals surface area (Å²) in [5, 5.41) is 4.25. The molecule has 6 heteroatoms. The Kier molecular flexibility index (Phi) is 6.29. The molecule has 3 rings (SSSR count). The highest BCUT2D eigenvalue weighted by Gasteiger charge is 2.14. The minimum Gasteiger partial charge on any atom is -0.488 e. The molecule has 0 atom stereocenters. The molecule has 1 aromatic heterocycles. The Morgan fingerprint density at radius 2 is 2.00 bits per heavy atom. The lowest BCUT2D eigenvalue weighted by atomic mass is 10.1. The molecule has 1 amide bonds. The number of aromatic nitrogens is 2. The first-order chi connectivity index (χ1) is 13.1. The third-order valence-corrected chi connectivity index (χ3v) is 4.91. The minimum atomic E-state index is -0.0263. The summed E-state index contributed by atoms with van der Waals surface area (Å²) >= 11 is 3.47. The number of amides is 1. The molecule has 0 aliphatic heterocycles. The molecular weight excluding hydrogens is 406 g/mol. The Morgan fingerprint density at radius 3 is 2.78 bits per heavy atom. The van der Waals surface area contributed by atoms with Gasteiger partial charge >= 0.3 is 0 Å². The number of aryl methyl sites for hydroxylation is 1. The van der Waals surface area contributed by atoms with Crippen LogP contribution in [-0.2, 0) is 19.7 Å². The van der Waals surface area contributed by atoms with Crippen LogP contribution in [-0.4, -0.2) is 27.6 Å². The van der Waals surface area contributed by atoms with Gasteiger partial charge in [0.15, 0.2) is 0 Å². The molecular formula is C21H22BrN3O2. The van der Waals surface area contributed by atoms with Crippen LogP contribution in [0, 0.1) is 0 Å². The first-order valence-corrected chi connectivity index (χ1v) is 9.60. The van der Waals surface area contributed by atoms with Crippen molar-refractivity contribution in [1.82, 2.24) is 14.7 Å². The Bertz CT molecular complexity index is 923. The van der Waals surface area contributed by atoms with Gasteiger partial charge in [-0.05, 0) is 58.7 Å². The molecule has 0 aliphatic carbocycles. The van der Waals surface area contributed by atoms with Gasteiger partial charge in [0.2, 0.25) is 0 Å². The van der Waals surface area contributed by atoms with Gasteiger partial charge in [-0.2, -0.15) is 5.10 Å². The molecule has 0 unspecified atom stereocenters. The number of carbonyl (C=O) groups is 1. The van der Waals surface area contributed by atoms with Crippen LogP contribution >= 0.6 is 15.9 Å². The average molecular weight is 428 g/mol. The topological polar surface area (TPSA) is 47.4 Å². The Balaban J connectivity index is 1.67. The maximum Gasteiger partial charge on any atom is 0.253 e. The lowest BCUT2D eigenvalue weighted by molar-refractivity contribution is 0.0781. The highest BCUT2D eigenvalue weighted by molar-refractivity contribution is 9.10. The van der Waals surface area contributed by atoms with E-state index in [1.807, 2.05) is 66.2 Å². The number of ether oxygens (including phenoxy) is 1. The minimum absolute atomic E-state index is 0.0263. The second kappa shape index (κ2) is 8.86. The normalized spacial score (nSPS) is 10.6. The Hall–Kier alpha value is -2.60. The summed E-state index contributed by atoms with van der Waals surface area (Å²) in [4.78, 5) is 14.5. The van der Waals surface area contributed by atoms with E-state index in [4.69, 9.17) is 4.74 Å². The number of hydrogen-bond donors (Lipinski definition) is 0. The Labute approximate surface area is 167 Å². The summed E-state index contributed by atoms with van der Waals surface area (Å²) < 4.78 is 8.65. The van der Waals surface area contributed by atoms with E-state index in [0.29, 0.717) is 18.7 Å². The van der Waals surface area contributed by atoms with Gasteiger partial charge in [0.1, 0.15) is 12.4 Å². The predicted molar refractivity (Wildman–Crippen MR) is 109 cm³/mol. The molecule has 5 nitrogen and oxygen atoms in total. The van der Waals surface area contributed by atoms with Crippen LogP contribution in [0.2, 0.25) is 0 Å². The molecule has 140 valence electrons. The van der Waals surface area contributed by atoms with Gasteiger partial charge in [-0.3, -0.25) is 9.48 Å². The standard InChI is InChI=1S/C21H22BrN3O2/c1-3-25-18(11-12-23-25)14-24(2)21(26)17-8-6-7-16(13-17)15-27-20-10-5-4-9-19(20)22/h4-13H,3,14-15H2,1-2H3. The molecule has 0 spiro atoms. The van der Waals surface area contributed by atoms with E-state index < -0.39 is 0 Å². The molecule has 0 N–H and O–H groups in total. The number of para-hydroxylation sites is 1. The first kappa shape index (κ1) is 19.2. The second-order valence-corrected chi connectivity index (χ2v) is 7.07. The fraction of sp³-hybridized carbons (Fsp3) is 0.238. The van der Waals surface area contributed by atoms with Gasteiger partial charge in [0.25, 0.3) is 5.91 Å². The van der Waals surface area contributed by atoms with E-state index in [2.05, 4.69) is 21.0 Å². The highest BCUT2D eigenvalue weighted by Crippen LogP contribution is 2.24. The number of nitrogens with zero attached hydrogens (tertiary/aromatic N) is 3. The van der Waals surface area contributed by atoms with Crippen LogP contribution in [0.4, 0.5) is 0 Å². The first-order valence-electron chi connectivity index (χ1n) is 8.81. The maximum absolute atomic E-state index is 12.8. The van der Waals surface area contributed by atoms with Crippen molar-refractivity contribution in [2.24, 2.45) is 0 Å². The largest absolute Gasteiger partial charge is 0.488 e. The number of rotatable bonds is 7. The zero-order chi connectivity index (χ0) is 19.2. The molecule has 0 aliphatic rings. The van der Waals surface area contributed by atoms with Crippen molar-refractivity contribution in [3.8, 4) is 5.75 Å². The molecule has 0 radical (unpaired) electrons. The quantitative estimate of drug-likeness (QED) is 0.556. The molecule has 0 fully saturated rings. The van der Waals surface area contributed by atoms with Crippen LogP contribution < -0.4 is 4.74 Å². The van der Waals surface area contributed by atoms with Crippen LogP contribution in [0.5, 0.6) is 5.75 Å². The van der Waals surface area contributed by atoms with Crippen LogP contribution in [0.15, 0.2) is 65.3 Å². The maximum atomic E-state index is 12.8. The smallest absolute Gasteiger partial charge is 0.253 e. The van der Waals surface area contributed by atoms with Gasteiger partial charge in [0.05, 0.1) is 16.7 Å². The van der Waals surface area contributed by atoms with E-state index in [9.17, 15) is 4.79 Å². The van der Waals surface area contributed by atoms with E-state index >= 15 is 0 Å². The van der Waals surface area contributed by atoms with Crippen molar-refractivity contribution in [3.05, 3.63) is 82.1 Å². The highest BCUT2D eigenvalue weighted by atomic mass is 79.9. The summed E-state index contributed by atoms with van der Waals surface area (Å²) in [6, 6.07) is 17.2. The lowest BCUT2D eigenvalue weighted by Crippen LogP contribution is -2.27. The fourth-order valence-electron chi connectivity index (χ4n) is 2.83.